The molecular formula is C16H27NO2. The van der Waals surface area contributed by atoms with Gasteiger partial charge in [0.2, 0.25) is 0 Å². The highest BCUT2D eigenvalue weighted by atomic mass is 16.5. The van der Waals surface area contributed by atoms with Gasteiger partial charge in [0.1, 0.15) is 5.75 Å². The van der Waals surface area contributed by atoms with Gasteiger partial charge >= 0.3 is 0 Å². The van der Waals surface area contributed by atoms with Gasteiger partial charge in [0, 0.05) is 13.1 Å². The van der Waals surface area contributed by atoms with Crippen LogP contribution in [0.25, 0.3) is 0 Å². The molecule has 3 heteroatoms. The number of hydrogen-bond acceptors (Lipinski definition) is 3. The quantitative estimate of drug-likeness (QED) is 0.674. The number of ether oxygens (including phenoxy) is 1. The van der Waals surface area contributed by atoms with E-state index >= 15 is 0 Å². The Morgan fingerprint density at radius 1 is 1.21 bits per heavy atom. The lowest BCUT2D eigenvalue weighted by Crippen LogP contribution is -2.36. The highest BCUT2D eigenvalue weighted by molar-refractivity contribution is 5.27. The first-order valence-electron chi connectivity index (χ1n) is 7.22. The van der Waals surface area contributed by atoms with Crippen molar-refractivity contribution in [3.63, 3.8) is 0 Å². The molecule has 0 amide bonds. The lowest BCUT2D eigenvalue weighted by atomic mass is 10.0. The van der Waals surface area contributed by atoms with Gasteiger partial charge in [-0.15, -0.1) is 0 Å². The Balaban J connectivity index is 2.32. The summed E-state index contributed by atoms with van der Waals surface area (Å²) in [6.07, 6.45) is 3.00. The van der Waals surface area contributed by atoms with Crippen molar-refractivity contribution < 1.29 is 9.84 Å². The van der Waals surface area contributed by atoms with Gasteiger partial charge < -0.3 is 15.2 Å². The second-order valence-electron chi connectivity index (χ2n) is 5.30. The van der Waals surface area contributed by atoms with Gasteiger partial charge in [0.25, 0.3) is 0 Å². The van der Waals surface area contributed by atoms with E-state index < -0.39 is 5.60 Å². The van der Waals surface area contributed by atoms with Gasteiger partial charge in [-0.2, -0.15) is 0 Å². The first-order chi connectivity index (χ1) is 9.07. The number of aliphatic hydroxyl groups is 1. The topological polar surface area (TPSA) is 41.5 Å². The van der Waals surface area contributed by atoms with Crippen LogP contribution < -0.4 is 10.1 Å². The fourth-order valence-electron chi connectivity index (χ4n) is 1.64. The summed E-state index contributed by atoms with van der Waals surface area (Å²) in [5.41, 5.74) is 0.582. The molecule has 3 nitrogen and oxygen atoms in total. The predicted molar refractivity (Wildman–Crippen MR) is 79.5 cm³/mol. The number of hydrogen-bond donors (Lipinski definition) is 2. The smallest absolute Gasteiger partial charge is 0.119 e. The summed E-state index contributed by atoms with van der Waals surface area (Å²) in [5.74, 6) is 0.928. The average molecular weight is 265 g/mol. The normalized spacial score (nSPS) is 14.1. The van der Waals surface area contributed by atoms with E-state index in [1.54, 1.807) is 0 Å². The molecule has 0 aromatic heterocycles. The summed E-state index contributed by atoms with van der Waals surface area (Å²) in [4.78, 5) is 0. The maximum Gasteiger partial charge on any atom is 0.119 e. The van der Waals surface area contributed by atoms with Crippen molar-refractivity contribution in [3.8, 4) is 5.75 Å². The number of unbranched alkanes of at least 4 members (excludes halogenated alkanes) is 1. The van der Waals surface area contributed by atoms with E-state index in [1.165, 1.54) is 5.56 Å². The summed E-state index contributed by atoms with van der Waals surface area (Å²) in [6, 6.07) is 8.14. The second-order valence-corrected chi connectivity index (χ2v) is 5.30. The van der Waals surface area contributed by atoms with Gasteiger partial charge in [0.05, 0.1) is 12.2 Å². The van der Waals surface area contributed by atoms with Crippen LogP contribution in [0.5, 0.6) is 5.75 Å². The lowest BCUT2D eigenvalue weighted by Gasteiger charge is -2.21. The van der Waals surface area contributed by atoms with E-state index in [4.69, 9.17) is 4.74 Å². The van der Waals surface area contributed by atoms with Crippen LogP contribution in [-0.2, 0) is 6.54 Å². The van der Waals surface area contributed by atoms with E-state index in [0.29, 0.717) is 6.54 Å². The van der Waals surface area contributed by atoms with Crippen LogP contribution in [0.4, 0.5) is 0 Å². The molecule has 1 aromatic rings. The molecule has 2 N–H and O–H groups in total. The van der Waals surface area contributed by atoms with E-state index in [2.05, 4.69) is 24.4 Å². The average Bonchev–Trinajstić information content (AvgIpc) is 2.41. The second kappa shape index (κ2) is 8.18. The molecule has 1 rings (SSSR count). The molecule has 0 bridgehead atoms. The van der Waals surface area contributed by atoms with E-state index in [-0.39, 0.29) is 0 Å². The summed E-state index contributed by atoms with van der Waals surface area (Å²) >= 11 is 0. The number of rotatable bonds is 9. The Morgan fingerprint density at radius 2 is 1.89 bits per heavy atom. The molecule has 0 fully saturated rings. The largest absolute Gasteiger partial charge is 0.494 e. The van der Waals surface area contributed by atoms with Crippen molar-refractivity contribution in [3.05, 3.63) is 29.8 Å². The third-order valence-electron chi connectivity index (χ3n) is 3.29. The SMILES string of the molecule is CCCCOc1ccc(CNCC(C)(O)CC)cc1. The first-order valence-corrected chi connectivity index (χ1v) is 7.22. The minimum absolute atomic E-state index is 0.609. The Morgan fingerprint density at radius 3 is 2.47 bits per heavy atom. The summed E-state index contributed by atoms with van der Waals surface area (Å²) < 4.78 is 5.62. The van der Waals surface area contributed by atoms with Crippen LogP contribution >= 0.6 is 0 Å². The molecule has 1 atom stereocenters. The van der Waals surface area contributed by atoms with Gasteiger partial charge in [0.15, 0.2) is 0 Å². The molecule has 0 aliphatic heterocycles. The zero-order valence-electron chi connectivity index (χ0n) is 12.4. The van der Waals surface area contributed by atoms with Crippen molar-refractivity contribution in [2.24, 2.45) is 0 Å². The van der Waals surface area contributed by atoms with Crippen molar-refractivity contribution in [1.29, 1.82) is 0 Å². The monoisotopic (exact) mass is 265 g/mol. The molecule has 0 spiro atoms. The first kappa shape index (κ1) is 16.0. The summed E-state index contributed by atoms with van der Waals surface area (Å²) in [5, 5.41) is 13.2. The molecular weight excluding hydrogens is 238 g/mol. The Kier molecular flexibility index (Phi) is 6.89. The molecule has 0 aliphatic rings. The molecule has 0 saturated heterocycles. The third-order valence-corrected chi connectivity index (χ3v) is 3.29. The van der Waals surface area contributed by atoms with Crippen molar-refractivity contribution in [1.82, 2.24) is 5.32 Å². The van der Waals surface area contributed by atoms with E-state index in [1.807, 2.05) is 26.0 Å². The highest BCUT2D eigenvalue weighted by Gasteiger charge is 2.16. The van der Waals surface area contributed by atoms with E-state index in [0.717, 1.165) is 38.2 Å². The highest BCUT2D eigenvalue weighted by Crippen LogP contribution is 2.13. The number of nitrogens with one attached hydrogen (secondary N) is 1. The van der Waals surface area contributed by atoms with Crippen LogP contribution in [-0.4, -0.2) is 23.9 Å². The third kappa shape index (κ3) is 6.60. The summed E-state index contributed by atoms with van der Waals surface area (Å²) in [7, 11) is 0. The van der Waals surface area contributed by atoms with Gasteiger partial charge in [-0.25, -0.2) is 0 Å². The molecule has 0 radical (unpaired) electrons. The fourth-order valence-corrected chi connectivity index (χ4v) is 1.64. The van der Waals surface area contributed by atoms with Crippen molar-refractivity contribution in [2.75, 3.05) is 13.2 Å². The van der Waals surface area contributed by atoms with Gasteiger partial charge in [-0.1, -0.05) is 32.4 Å². The molecule has 108 valence electrons. The molecule has 0 heterocycles. The lowest BCUT2D eigenvalue weighted by molar-refractivity contribution is 0.0555. The van der Waals surface area contributed by atoms with Crippen LogP contribution in [0.2, 0.25) is 0 Å². The summed E-state index contributed by atoms with van der Waals surface area (Å²) in [6.45, 7) is 8.16. The molecule has 1 unspecified atom stereocenters. The van der Waals surface area contributed by atoms with E-state index in [9.17, 15) is 5.11 Å². The Labute approximate surface area is 117 Å². The molecule has 19 heavy (non-hydrogen) atoms. The zero-order valence-corrected chi connectivity index (χ0v) is 12.4. The predicted octanol–water partition coefficient (Wildman–Crippen LogP) is 3.12. The molecule has 0 saturated carbocycles. The minimum atomic E-state index is -0.622. The molecule has 1 aromatic carbocycles. The number of benzene rings is 1. The minimum Gasteiger partial charge on any atom is -0.494 e. The van der Waals surface area contributed by atoms with Crippen LogP contribution in [0, 0.1) is 0 Å². The molecule has 0 aliphatic carbocycles. The Hall–Kier alpha value is -1.06. The van der Waals surface area contributed by atoms with Gasteiger partial charge in [-0.05, 0) is 37.5 Å². The maximum atomic E-state index is 9.88. The fraction of sp³-hybridized carbons (Fsp3) is 0.625. The Bertz CT molecular complexity index is 346. The van der Waals surface area contributed by atoms with Crippen LogP contribution in [0.1, 0.15) is 45.6 Å². The van der Waals surface area contributed by atoms with Crippen molar-refractivity contribution in [2.45, 2.75) is 52.2 Å². The van der Waals surface area contributed by atoms with Crippen LogP contribution in [0.15, 0.2) is 24.3 Å². The maximum absolute atomic E-state index is 9.88. The zero-order chi connectivity index (χ0) is 14.1. The standard InChI is InChI=1S/C16H27NO2/c1-4-6-11-19-15-9-7-14(8-10-15)12-17-13-16(3,18)5-2/h7-10,17-18H,4-6,11-13H2,1-3H3. The van der Waals surface area contributed by atoms with Gasteiger partial charge in [-0.3, -0.25) is 0 Å². The van der Waals surface area contributed by atoms with Crippen molar-refractivity contribution >= 4 is 0 Å². The van der Waals surface area contributed by atoms with Crippen LogP contribution in [0.3, 0.4) is 0 Å².